The summed E-state index contributed by atoms with van der Waals surface area (Å²) in [6.45, 7) is 2.24. The second-order valence-electron chi connectivity index (χ2n) is 6.26. The van der Waals surface area contributed by atoms with Gasteiger partial charge in [-0.25, -0.2) is 0 Å². The van der Waals surface area contributed by atoms with E-state index in [9.17, 15) is 4.79 Å². The number of nitrogens with zero attached hydrogens (tertiary/aromatic N) is 1. The van der Waals surface area contributed by atoms with Gasteiger partial charge in [-0.15, -0.1) is 5.06 Å². The lowest BCUT2D eigenvalue weighted by molar-refractivity contribution is -0.178. The number of allylic oxidation sites excluding steroid dienone is 8. The van der Waals surface area contributed by atoms with Crippen LogP contribution in [0.1, 0.15) is 71.1 Å². The first-order valence-corrected chi connectivity index (χ1v) is 9.65. The molecule has 0 aromatic heterocycles. The van der Waals surface area contributed by atoms with E-state index in [4.69, 9.17) is 4.84 Å². The Bertz CT molecular complexity index is 420. The molecule has 0 aromatic carbocycles. The van der Waals surface area contributed by atoms with Crippen molar-refractivity contribution in [2.45, 2.75) is 71.1 Å². The molecule has 0 bridgehead atoms. The van der Waals surface area contributed by atoms with Gasteiger partial charge in [-0.2, -0.15) is 0 Å². The van der Waals surface area contributed by atoms with Crippen LogP contribution in [0.3, 0.4) is 0 Å². The molecule has 0 rings (SSSR count). The Hall–Kier alpha value is -1.61. The zero-order valence-corrected chi connectivity index (χ0v) is 16.5. The maximum atomic E-state index is 11.3. The molecule has 0 amide bonds. The Labute approximate surface area is 155 Å². The summed E-state index contributed by atoms with van der Waals surface area (Å²) in [4.78, 5) is 16.2. The van der Waals surface area contributed by atoms with Crippen molar-refractivity contribution in [1.82, 2.24) is 5.06 Å². The van der Waals surface area contributed by atoms with E-state index in [-0.39, 0.29) is 5.97 Å². The number of carbonyl (C=O) groups excluding carboxylic acids is 1. The van der Waals surface area contributed by atoms with Crippen molar-refractivity contribution >= 4 is 5.97 Å². The average Bonchev–Trinajstić information content (AvgIpc) is 2.57. The molecule has 0 radical (unpaired) electrons. The summed E-state index contributed by atoms with van der Waals surface area (Å²) < 4.78 is 0. The van der Waals surface area contributed by atoms with E-state index in [1.807, 2.05) is 0 Å². The predicted molar refractivity (Wildman–Crippen MR) is 108 cm³/mol. The minimum atomic E-state index is -0.166. The van der Waals surface area contributed by atoms with E-state index in [1.54, 1.807) is 14.1 Å². The number of hydroxylamine groups is 2. The first-order valence-electron chi connectivity index (χ1n) is 9.65. The Morgan fingerprint density at radius 1 is 0.760 bits per heavy atom. The highest BCUT2D eigenvalue weighted by Gasteiger charge is 2.02. The molecule has 0 aliphatic heterocycles. The normalized spacial score (nSPS) is 12.5. The summed E-state index contributed by atoms with van der Waals surface area (Å²) in [5.41, 5.74) is 0. The van der Waals surface area contributed by atoms with Gasteiger partial charge in [0.05, 0.1) is 0 Å². The SMILES string of the molecule is CCCCCC=CCC=CCC=CCC=CCCCC(=O)ON(C)C. The van der Waals surface area contributed by atoms with Gasteiger partial charge in [0, 0.05) is 20.5 Å². The van der Waals surface area contributed by atoms with Gasteiger partial charge in [0.25, 0.3) is 0 Å². The molecule has 0 aliphatic rings. The molecule has 0 spiro atoms. The molecule has 3 nitrogen and oxygen atoms in total. The van der Waals surface area contributed by atoms with Crippen LogP contribution in [0, 0.1) is 0 Å². The largest absolute Gasteiger partial charge is 0.369 e. The number of carbonyl (C=O) groups is 1. The molecule has 0 unspecified atom stereocenters. The zero-order chi connectivity index (χ0) is 18.6. The molecule has 0 N–H and O–H groups in total. The third kappa shape index (κ3) is 20.3. The molecular weight excluding hydrogens is 310 g/mol. The first-order chi connectivity index (χ1) is 12.2. The first kappa shape index (κ1) is 23.4. The lowest BCUT2D eigenvalue weighted by atomic mass is 10.2. The van der Waals surface area contributed by atoms with Crippen molar-refractivity contribution in [1.29, 1.82) is 0 Å². The maximum Gasteiger partial charge on any atom is 0.325 e. The van der Waals surface area contributed by atoms with Crippen LogP contribution in [-0.4, -0.2) is 25.1 Å². The van der Waals surface area contributed by atoms with E-state index in [0.717, 1.165) is 32.1 Å². The molecule has 142 valence electrons. The summed E-state index contributed by atoms with van der Waals surface area (Å²) in [7, 11) is 3.43. The van der Waals surface area contributed by atoms with E-state index in [2.05, 4.69) is 55.5 Å². The van der Waals surface area contributed by atoms with Gasteiger partial charge in [-0.3, -0.25) is 4.79 Å². The quantitative estimate of drug-likeness (QED) is 0.202. The van der Waals surface area contributed by atoms with Crippen LogP contribution < -0.4 is 0 Å². The second kappa shape index (κ2) is 18.7. The van der Waals surface area contributed by atoms with Gasteiger partial charge in [0.1, 0.15) is 0 Å². The fraction of sp³-hybridized carbons (Fsp3) is 0.591. The van der Waals surface area contributed by atoms with Crippen molar-refractivity contribution in [3.63, 3.8) is 0 Å². The number of hydrogen-bond donors (Lipinski definition) is 0. The van der Waals surface area contributed by atoms with Crippen LogP contribution in [-0.2, 0) is 9.63 Å². The van der Waals surface area contributed by atoms with Gasteiger partial charge in [0.2, 0.25) is 0 Å². The molecule has 0 aromatic rings. The van der Waals surface area contributed by atoms with Crippen molar-refractivity contribution < 1.29 is 9.63 Å². The molecule has 25 heavy (non-hydrogen) atoms. The molecular formula is C22H37NO2. The highest BCUT2D eigenvalue weighted by molar-refractivity contribution is 5.68. The zero-order valence-electron chi connectivity index (χ0n) is 16.5. The number of rotatable bonds is 15. The lowest BCUT2D eigenvalue weighted by Crippen LogP contribution is -2.18. The minimum Gasteiger partial charge on any atom is -0.369 e. The highest BCUT2D eigenvalue weighted by Crippen LogP contribution is 2.02. The second-order valence-corrected chi connectivity index (χ2v) is 6.26. The minimum absolute atomic E-state index is 0.166. The molecule has 0 fully saturated rings. The topological polar surface area (TPSA) is 29.5 Å². The summed E-state index contributed by atoms with van der Waals surface area (Å²) in [6, 6.07) is 0. The molecule has 0 atom stereocenters. The van der Waals surface area contributed by atoms with E-state index in [1.165, 1.54) is 30.7 Å². The fourth-order valence-corrected chi connectivity index (χ4v) is 2.17. The van der Waals surface area contributed by atoms with Gasteiger partial charge in [0.15, 0.2) is 0 Å². The van der Waals surface area contributed by atoms with Crippen LogP contribution in [0.25, 0.3) is 0 Å². The van der Waals surface area contributed by atoms with Crippen molar-refractivity contribution in [2.24, 2.45) is 0 Å². The van der Waals surface area contributed by atoms with E-state index >= 15 is 0 Å². The van der Waals surface area contributed by atoms with Crippen LogP contribution in [0.4, 0.5) is 0 Å². The molecule has 0 saturated heterocycles. The predicted octanol–water partition coefficient (Wildman–Crippen LogP) is 6.15. The summed E-state index contributed by atoms with van der Waals surface area (Å²) >= 11 is 0. The Morgan fingerprint density at radius 3 is 1.72 bits per heavy atom. The van der Waals surface area contributed by atoms with E-state index in [0.29, 0.717) is 6.42 Å². The van der Waals surface area contributed by atoms with Gasteiger partial charge < -0.3 is 4.84 Å². The Balaban J connectivity index is 3.47. The summed E-state index contributed by atoms with van der Waals surface area (Å²) in [6.07, 6.45) is 28.0. The summed E-state index contributed by atoms with van der Waals surface area (Å²) in [5, 5.41) is 1.43. The molecule has 3 heteroatoms. The standard InChI is InChI=1S/C22H37NO2/c1-4-5-6-7-8-9-10-11-12-13-14-15-16-17-18-19-20-21-22(24)25-23(2)3/h8-9,11-12,14-15,17-18H,4-7,10,13,16,19-21H2,1-3H3. The van der Waals surface area contributed by atoms with Crippen molar-refractivity contribution in [3.05, 3.63) is 48.6 Å². The monoisotopic (exact) mass is 347 g/mol. The fourth-order valence-electron chi connectivity index (χ4n) is 2.17. The average molecular weight is 348 g/mol. The highest BCUT2D eigenvalue weighted by atomic mass is 16.7. The maximum absolute atomic E-state index is 11.3. The van der Waals surface area contributed by atoms with Crippen LogP contribution in [0.15, 0.2) is 48.6 Å². The number of unbranched alkanes of at least 4 members (excludes halogenated alkanes) is 4. The van der Waals surface area contributed by atoms with Crippen molar-refractivity contribution in [2.75, 3.05) is 14.1 Å². The lowest BCUT2D eigenvalue weighted by Gasteiger charge is -2.08. The summed E-state index contributed by atoms with van der Waals surface area (Å²) in [5.74, 6) is -0.166. The van der Waals surface area contributed by atoms with E-state index < -0.39 is 0 Å². The van der Waals surface area contributed by atoms with Crippen LogP contribution in [0.2, 0.25) is 0 Å². The molecule has 0 heterocycles. The third-order valence-corrected chi connectivity index (χ3v) is 3.49. The molecule has 0 saturated carbocycles. The number of hydrogen-bond acceptors (Lipinski definition) is 3. The van der Waals surface area contributed by atoms with Gasteiger partial charge in [-0.05, 0) is 44.9 Å². The Kier molecular flexibility index (Phi) is 17.5. The smallest absolute Gasteiger partial charge is 0.325 e. The molecule has 0 aliphatic carbocycles. The van der Waals surface area contributed by atoms with Crippen molar-refractivity contribution in [3.8, 4) is 0 Å². The van der Waals surface area contributed by atoms with Crippen LogP contribution >= 0.6 is 0 Å². The Morgan fingerprint density at radius 2 is 1.24 bits per heavy atom. The van der Waals surface area contributed by atoms with Crippen LogP contribution in [0.5, 0.6) is 0 Å². The van der Waals surface area contributed by atoms with Gasteiger partial charge >= 0.3 is 5.97 Å². The van der Waals surface area contributed by atoms with Gasteiger partial charge in [-0.1, -0.05) is 68.4 Å². The third-order valence-electron chi connectivity index (χ3n) is 3.49.